The summed E-state index contributed by atoms with van der Waals surface area (Å²) >= 11 is 1.48. The molecule has 1 atom stereocenters. The maximum Gasteiger partial charge on any atom is 0.245 e. The topological polar surface area (TPSA) is 63.2 Å². The number of morpholine rings is 1. The number of ether oxygens (including phenoxy) is 1. The predicted molar refractivity (Wildman–Crippen MR) is 70.9 cm³/mol. The monoisotopic (exact) mass is 263 g/mol. The SMILES string of the molecule is O=C(Nc1nc2ccccc2s1)C1COCCN1. The number of nitrogens with one attached hydrogen (secondary N) is 2. The molecule has 1 fully saturated rings. The Kier molecular flexibility index (Phi) is 3.22. The van der Waals surface area contributed by atoms with E-state index < -0.39 is 0 Å². The number of nitrogens with zero attached hydrogens (tertiary/aromatic N) is 1. The van der Waals surface area contributed by atoms with Crippen molar-refractivity contribution < 1.29 is 9.53 Å². The van der Waals surface area contributed by atoms with Gasteiger partial charge in [0.25, 0.3) is 0 Å². The first-order valence-electron chi connectivity index (χ1n) is 5.80. The number of thiazole rings is 1. The molecule has 6 heteroatoms. The van der Waals surface area contributed by atoms with Gasteiger partial charge in [-0.2, -0.15) is 0 Å². The fourth-order valence-electron chi connectivity index (χ4n) is 1.85. The molecule has 5 nitrogen and oxygen atoms in total. The Morgan fingerprint density at radius 1 is 1.50 bits per heavy atom. The number of hydrogen-bond donors (Lipinski definition) is 2. The minimum absolute atomic E-state index is 0.0891. The van der Waals surface area contributed by atoms with E-state index in [9.17, 15) is 4.79 Å². The Balaban J connectivity index is 1.73. The van der Waals surface area contributed by atoms with Gasteiger partial charge >= 0.3 is 0 Å². The van der Waals surface area contributed by atoms with Gasteiger partial charge in [-0.25, -0.2) is 4.98 Å². The van der Waals surface area contributed by atoms with Crippen LogP contribution in [0.25, 0.3) is 10.2 Å². The van der Waals surface area contributed by atoms with Gasteiger partial charge in [-0.05, 0) is 12.1 Å². The van der Waals surface area contributed by atoms with Crippen LogP contribution in [-0.2, 0) is 9.53 Å². The van der Waals surface area contributed by atoms with Crippen molar-refractivity contribution in [2.75, 3.05) is 25.1 Å². The number of hydrogen-bond acceptors (Lipinski definition) is 5. The average Bonchev–Trinajstić information content (AvgIpc) is 2.82. The van der Waals surface area contributed by atoms with E-state index in [1.54, 1.807) is 0 Å². The summed E-state index contributed by atoms with van der Waals surface area (Å²) in [5.41, 5.74) is 0.908. The standard InChI is InChI=1S/C12H13N3O2S/c16-11(9-7-17-6-5-13-9)15-12-14-8-3-1-2-4-10(8)18-12/h1-4,9,13H,5-7H2,(H,14,15,16). The molecular formula is C12H13N3O2S. The molecule has 2 heterocycles. The van der Waals surface area contributed by atoms with Crippen molar-refractivity contribution in [3.63, 3.8) is 0 Å². The summed E-state index contributed by atoms with van der Waals surface area (Å²) in [6.45, 7) is 1.78. The van der Waals surface area contributed by atoms with Crippen LogP contribution in [0.15, 0.2) is 24.3 Å². The lowest BCUT2D eigenvalue weighted by Gasteiger charge is -2.22. The van der Waals surface area contributed by atoms with Gasteiger partial charge in [0.05, 0.1) is 23.4 Å². The molecule has 1 aromatic heterocycles. The van der Waals surface area contributed by atoms with E-state index in [4.69, 9.17) is 4.74 Å². The third-order valence-electron chi connectivity index (χ3n) is 2.76. The fraction of sp³-hybridized carbons (Fsp3) is 0.333. The molecule has 1 saturated heterocycles. The summed E-state index contributed by atoms with van der Waals surface area (Å²) in [6, 6.07) is 7.53. The zero-order valence-corrected chi connectivity index (χ0v) is 10.5. The molecule has 0 bridgehead atoms. The predicted octanol–water partition coefficient (Wildman–Crippen LogP) is 1.22. The molecule has 2 N–H and O–H groups in total. The smallest absolute Gasteiger partial charge is 0.245 e. The first-order valence-corrected chi connectivity index (χ1v) is 6.62. The Hall–Kier alpha value is -1.50. The highest BCUT2D eigenvalue weighted by Gasteiger charge is 2.21. The van der Waals surface area contributed by atoms with Crippen molar-refractivity contribution >= 4 is 32.6 Å². The van der Waals surface area contributed by atoms with Crippen molar-refractivity contribution in [3.8, 4) is 0 Å². The number of amides is 1. The first-order chi connectivity index (χ1) is 8.83. The first kappa shape index (κ1) is 11.6. The Bertz CT molecular complexity index is 530. The highest BCUT2D eigenvalue weighted by atomic mass is 32.1. The minimum Gasteiger partial charge on any atom is -0.378 e. The van der Waals surface area contributed by atoms with Crippen LogP contribution in [0.5, 0.6) is 0 Å². The van der Waals surface area contributed by atoms with E-state index in [1.165, 1.54) is 11.3 Å². The summed E-state index contributed by atoms with van der Waals surface area (Å²) < 4.78 is 6.33. The zero-order chi connectivity index (χ0) is 12.4. The number of anilines is 1. The molecule has 3 rings (SSSR count). The number of aromatic nitrogens is 1. The van der Waals surface area contributed by atoms with Crippen LogP contribution >= 0.6 is 11.3 Å². The Morgan fingerprint density at radius 3 is 3.17 bits per heavy atom. The summed E-state index contributed by atoms with van der Waals surface area (Å²) in [5, 5.41) is 6.57. The molecule has 1 unspecified atom stereocenters. The van der Waals surface area contributed by atoms with Crippen molar-refractivity contribution in [3.05, 3.63) is 24.3 Å². The highest BCUT2D eigenvalue weighted by Crippen LogP contribution is 2.25. The van der Waals surface area contributed by atoms with Crippen LogP contribution in [-0.4, -0.2) is 36.7 Å². The number of para-hydroxylation sites is 1. The summed E-state index contributed by atoms with van der Waals surface area (Å²) in [6.07, 6.45) is 0. The summed E-state index contributed by atoms with van der Waals surface area (Å²) in [7, 11) is 0. The van der Waals surface area contributed by atoms with E-state index in [-0.39, 0.29) is 11.9 Å². The second-order valence-electron chi connectivity index (χ2n) is 4.06. The average molecular weight is 263 g/mol. The third kappa shape index (κ3) is 2.35. The molecule has 2 aromatic rings. The largest absolute Gasteiger partial charge is 0.378 e. The van der Waals surface area contributed by atoms with Gasteiger partial charge < -0.3 is 15.4 Å². The number of carbonyl (C=O) groups is 1. The molecule has 1 aliphatic rings. The lowest BCUT2D eigenvalue weighted by Crippen LogP contribution is -2.48. The molecule has 1 amide bonds. The Labute approximate surface area is 108 Å². The minimum atomic E-state index is -0.286. The maximum absolute atomic E-state index is 12.0. The second kappa shape index (κ2) is 5.01. The molecule has 0 saturated carbocycles. The molecular weight excluding hydrogens is 250 g/mol. The van der Waals surface area contributed by atoms with Gasteiger partial charge in [0.1, 0.15) is 6.04 Å². The van der Waals surface area contributed by atoms with Crippen LogP contribution in [0.4, 0.5) is 5.13 Å². The van der Waals surface area contributed by atoms with Gasteiger partial charge in [-0.3, -0.25) is 4.79 Å². The lowest BCUT2D eigenvalue weighted by atomic mass is 10.2. The van der Waals surface area contributed by atoms with Crippen molar-refractivity contribution in [1.29, 1.82) is 0 Å². The van der Waals surface area contributed by atoms with Gasteiger partial charge in [0.2, 0.25) is 5.91 Å². The van der Waals surface area contributed by atoms with E-state index in [0.29, 0.717) is 24.9 Å². The van der Waals surface area contributed by atoms with E-state index in [0.717, 1.165) is 10.2 Å². The quantitative estimate of drug-likeness (QED) is 0.855. The lowest BCUT2D eigenvalue weighted by molar-refractivity contribution is -0.120. The molecule has 0 aliphatic carbocycles. The third-order valence-corrected chi connectivity index (χ3v) is 3.71. The molecule has 0 radical (unpaired) electrons. The van der Waals surface area contributed by atoms with Crippen LogP contribution in [0.3, 0.4) is 0 Å². The molecule has 1 aromatic carbocycles. The van der Waals surface area contributed by atoms with Crippen molar-refractivity contribution in [2.24, 2.45) is 0 Å². The molecule has 18 heavy (non-hydrogen) atoms. The Morgan fingerprint density at radius 2 is 2.39 bits per heavy atom. The molecule has 1 aliphatic heterocycles. The summed E-state index contributed by atoms with van der Waals surface area (Å²) in [5.74, 6) is -0.0891. The number of fused-ring (bicyclic) bond motifs is 1. The van der Waals surface area contributed by atoms with Crippen LogP contribution in [0, 0.1) is 0 Å². The van der Waals surface area contributed by atoms with Gasteiger partial charge in [-0.15, -0.1) is 0 Å². The number of benzene rings is 1. The van der Waals surface area contributed by atoms with Crippen LogP contribution in [0.2, 0.25) is 0 Å². The second-order valence-corrected chi connectivity index (χ2v) is 5.09. The number of rotatable bonds is 2. The van der Waals surface area contributed by atoms with Crippen molar-refractivity contribution in [2.45, 2.75) is 6.04 Å². The van der Waals surface area contributed by atoms with Gasteiger partial charge in [-0.1, -0.05) is 23.5 Å². The van der Waals surface area contributed by atoms with E-state index in [1.807, 2.05) is 24.3 Å². The molecule has 94 valence electrons. The molecule has 0 spiro atoms. The van der Waals surface area contributed by atoms with Crippen LogP contribution < -0.4 is 10.6 Å². The summed E-state index contributed by atoms with van der Waals surface area (Å²) in [4.78, 5) is 16.3. The van der Waals surface area contributed by atoms with E-state index in [2.05, 4.69) is 15.6 Å². The zero-order valence-electron chi connectivity index (χ0n) is 9.68. The van der Waals surface area contributed by atoms with E-state index >= 15 is 0 Å². The van der Waals surface area contributed by atoms with Crippen molar-refractivity contribution in [1.82, 2.24) is 10.3 Å². The normalized spacial score (nSPS) is 19.9. The fourth-order valence-corrected chi connectivity index (χ4v) is 2.72. The van der Waals surface area contributed by atoms with Gasteiger partial charge in [0.15, 0.2) is 5.13 Å². The van der Waals surface area contributed by atoms with Gasteiger partial charge in [0, 0.05) is 6.54 Å². The van der Waals surface area contributed by atoms with Crippen LogP contribution in [0.1, 0.15) is 0 Å². The maximum atomic E-state index is 12.0. The highest BCUT2D eigenvalue weighted by molar-refractivity contribution is 7.22. The number of carbonyl (C=O) groups excluding carboxylic acids is 1.